The molecule has 1 heteroatoms. The minimum atomic E-state index is 0.272. The number of hydrogen-bond donors (Lipinski definition) is 0. The van der Waals surface area contributed by atoms with Crippen LogP contribution in [0.25, 0.3) is 0 Å². The molecule has 108 valence electrons. The van der Waals surface area contributed by atoms with Gasteiger partial charge in [0.1, 0.15) is 0 Å². The second-order valence-electron chi connectivity index (χ2n) is 7.31. The fraction of sp³-hybridized carbons (Fsp3) is 0.684. The van der Waals surface area contributed by atoms with Crippen LogP contribution in [-0.2, 0) is 6.42 Å². The van der Waals surface area contributed by atoms with E-state index in [0.29, 0.717) is 0 Å². The first-order valence-corrected chi connectivity index (χ1v) is 8.96. The first kappa shape index (κ1) is 13.2. The summed E-state index contributed by atoms with van der Waals surface area (Å²) in [4.78, 5) is 0. The third-order valence-electron chi connectivity index (χ3n) is 6.25. The van der Waals surface area contributed by atoms with Crippen molar-refractivity contribution in [3.05, 3.63) is 35.4 Å². The van der Waals surface area contributed by atoms with Gasteiger partial charge in [-0.3, -0.25) is 0 Å². The van der Waals surface area contributed by atoms with E-state index < -0.39 is 0 Å². The molecular formula is C19H25Cl. The van der Waals surface area contributed by atoms with Crippen molar-refractivity contribution in [1.29, 1.82) is 0 Å². The second kappa shape index (κ2) is 5.05. The summed E-state index contributed by atoms with van der Waals surface area (Å²) in [7, 11) is 0. The van der Waals surface area contributed by atoms with Crippen molar-refractivity contribution < 1.29 is 0 Å². The van der Waals surface area contributed by atoms with Crippen LogP contribution in [0.2, 0.25) is 0 Å². The molecule has 3 saturated carbocycles. The average molecular weight is 289 g/mol. The van der Waals surface area contributed by atoms with Crippen molar-refractivity contribution in [2.24, 2.45) is 29.6 Å². The fourth-order valence-electron chi connectivity index (χ4n) is 5.26. The molecule has 1 aromatic rings. The molecule has 0 heterocycles. The third kappa shape index (κ3) is 2.03. The molecule has 5 atom stereocenters. The molecule has 4 rings (SSSR count). The smallest absolute Gasteiger partial charge is 0.0619 e. The Morgan fingerprint density at radius 3 is 2.35 bits per heavy atom. The molecule has 0 amide bonds. The van der Waals surface area contributed by atoms with Gasteiger partial charge in [0.2, 0.25) is 0 Å². The predicted octanol–water partition coefficient (Wildman–Crippen LogP) is 5.60. The van der Waals surface area contributed by atoms with E-state index in [1.54, 1.807) is 0 Å². The summed E-state index contributed by atoms with van der Waals surface area (Å²) in [6.07, 6.45) is 8.27. The highest BCUT2D eigenvalue weighted by molar-refractivity contribution is 6.21. The van der Waals surface area contributed by atoms with Gasteiger partial charge in [0.25, 0.3) is 0 Å². The molecule has 2 bridgehead atoms. The van der Waals surface area contributed by atoms with Crippen LogP contribution in [0.15, 0.2) is 24.3 Å². The van der Waals surface area contributed by atoms with E-state index in [4.69, 9.17) is 11.6 Å². The maximum absolute atomic E-state index is 6.82. The number of hydrogen-bond acceptors (Lipinski definition) is 0. The Kier molecular flexibility index (Phi) is 3.33. The summed E-state index contributed by atoms with van der Waals surface area (Å²) < 4.78 is 0. The normalized spacial score (nSPS) is 38.8. The van der Waals surface area contributed by atoms with Gasteiger partial charge >= 0.3 is 0 Å². The van der Waals surface area contributed by atoms with Crippen molar-refractivity contribution in [1.82, 2.24) is 0 Å². The third-order valence-corrected chi connectivity index (χ3v) is 6.79. The number of unbranched alkanes of at least 4 members (excludes halogenated alkanes) is 1. The van der Waals surface area contributed by atoms with Gasteiger partial charge in [0.05, 0.1) is 5.38 Å². The van der Waals surface area contributed by atoms with E-state index in [9.17, 15) is 0 Å². The summed E-state index contributed by atoms with van der Waals surface area (Å²) in [6, 6.07) is 9.18. The first-order valence-electron chi connectivity index (χ1n) is 8.52. The van der Waals surface area contributed by atoms with Crippen LogP contribution in [0.3, 0.4) is 0 Å². The molecule has 3 fully saturated rings. The molecule has 0 radical (unpaired) electrons. The molecule has 0 aromatic heterocycles. The topological polar surface area (TPSA) is 0 Å². The lowest BCUT2D eigenvalue weighted by Crippen LogP contribution is -2.04. The maximum atomic E-state index is 6.82. The highest BCUT2D eigenvalue weighted by Gasteiger charge is 2.66. The van der Waals surface area contributed by atoms with Gasteiger partial charge in [-0.1, -0.05) is 37.6 Å². The minimum absolute atomic E-state index is 0.272. The second-order valence-corrected chi connectivity index (χ2v) is 7.78. The van der Waals surface area contributed by atoms with Gasteiger partial charge in [-0.15, -0.1) is 11.6 Å². The van der Waals surface area contributed by atoms with Crippen LogP contribution in [0.1, 0.15) is 55.5 Å². The van der Waals surface area contributed by atoms with Crippen LogP contribution in [0, 0.1) is 29.6 Å². The summed E-state index contributed by atoms with van der Waals surface area (Å²) in [5.74, 6) is 4.82. The highest BCUT2D eigenvalue weighted by atomic mass is 35.5. The Bertz CT molecular complexity index is 461. The zero-order valence-electron chi connectivity index (χ0n) is 12.4. The molecule has 20 heavy (non-hydrogen) atoms. The van der Waals surface area contributed by atoms with Crippen LogP contribution < -0.4 is 0 Å². The fourth-order valence-corrected chi connectivity index (χ4v) is 5.74. The molecule has 3 aliphatic rings. The maximum Gasteiger partial charge on any atom is 0.0619 e. The lowest BCUT2D eigenvalue weighted by molar-refractivity contribution is 0.455. The van der Waals surface area contributed by atoms with Crippen molar-refractivity contribution in [3.8, 4) is 0 Å². The van der Waals surface area contributed by atoms with E-state index in [1.807, 2.05) is 0 Å². The van der Waals surface area contributed by atoms with Crippen molar-refractivity contribution in [3.63, 3.8) is 0 Å². The van der Waals surface area contributed by atoms with Gasteiger partial charge in [-0.25, -0.2) is 0 Å². The monoisotopic (exact) mass is 288 g/mol. The Morgan fingerprint density at radius 2 is 1.75 bits per heavy atom. The molecule has 0 nitrogen and oxygen atoms in total. The zero-order chi connectivity index (χ0) is 13.7. The molecule has 0 N–H and O–H groups in total. The van der Waals surface area contributed by atoms with Crippen LogP contribution in [0.4, 0.5) is 0 Å². The van der Waals surface area contributed by atoms with E-state index in [0.717, 1.165) is 29.6 Å². The standard InChI is InChI=1S/C19H25Cl/c1-2-3-4-12-5-7-13(8-6-12)19(20)18-16-14-9-10-15(11-14)17(16)18/h5-8,14-19H,2-4,9-11H2,1H3. The van der Waals surface area contributed by atoms with Crippen molar-refractivity contribution in [2.45, 2.75) is 50.8 Å². The van der Waals surface area contributed by atoms with Crippen LogP contribution in [0.5, 0.6) is 0 Å². The quantitative estimate of drug-likeness (QED) is 0.619. The number of fused-ring (bicyclic) bond motifs is 5. The molecule has 1 aromatic carbocycles. The lowest BCUT2D eigenvalue weighted by Gasteiger charge is -2.15. The molecule has 0 saturated heterocycles. The summed E-state index contributed by atoms with van der Waals surface area (Å²) >= 11 is 6.82. The van der Waals surface area contributed by atoms with Crippen LogP contribution in [-0.4, -0.2) is 0 Å². The molecule has 0 spiro atoms. The summed E-state index contributed by atoms with van der Waals surface area (Å²) in [6.45, 7) is 2.25. The Balaban J connectivity index is 1.43. The largest absolute Gasteiger partial charge is 0.117 e. The number of halogens is 1. The van der Waals surface area contributed by atoms with Crippen molar-refractivity contribution >= 4 is 11.6 Å². The number of aryl methyl sites for hydroxylation is 1. The Morgan fingerprint density at radius 1 is 1.10 bits per heavy atom. The summed E-state index contributed by atoms with van der Waals surface area (Å²) in [5.41, 5.74) is 2.83. The van der Waals surface area contributed by atoms with E-state index in [2.05, 4.69) is 31.2 Å². The highest BCUT2D eigenvalue weighted by Crippen LogP contribution is 2.73. The van der Waals surface area contributed by atoms with Crippen molar-refractivity contribution in [2.75, 3.05) is 0 Å². The van der Waals surface area contributed by atoms with E-state index in [1.165, 1.54) is 49.7 Å². The van der Waals surface area contributed by atoms with E-state index >= 15 is 0 Å². The number of benzene rings is 1. The van der Waals surface area contributed by atoms with Crippen LogP contribution >= 0.6 is 11.6 Å². The Labute approximate surface area is 127 Å². The Hall–Kier alpha value is -0.490. The molecule has 5 unspecified atom stereocenters. The van der Waals surface area contributed by atoms with Gasteiger partial charge in [0.15, 0.2) is 0 Å². The zero-order valence-corrected chi connectivity index (χ0v) is 13.2. The average Bonchev–Trinajstić information content (AvgIpc) is 2.92. The molecule has 0 aliphatic heterocycles. The summed E-state index contributed by atoms with van der Waals surface area (Å²) in [5, 5.41) is 0.272. The van der Waals surface area contributed by atoms with Gasteiger partial charge in [0, 0.05) is 0 Å². The minimum Gasteiger partial charge on any atom is -0.117 e. The van der Waals surface area contributed by atoms with Gasteiger partial charge in [-0.2, -0.15) is 0 Å². The predicted molar refractivity (Wildman–Crippen MR) is 84.9 cm³/mol. The number of rotatable bonds is 5. The SMILES string of the molecule is CCCCc1ccc(C(Cl)C2C3C4CCC(C4)C32)cc1. The van der Waals surface area contributed by atoms with E-state index in [-0.39, 0.29) is 5.38 Å². The lowest BCUT2D eigenvalue weighted by atomic mass is 9.96. The van der Waals surface area contributed by atoms with Gasteiger partial charge < -0.3 is 0 Å². The number of alkyl halides is 1. The first-order chi connectivity index (χ1) is 9.79. The molecule has 3 aliphatic carbocycles. The van der Waals surface area contributed by atoms with Gasteiger partial charge in [-0.05, 0) is 72.8 Å². The molecular weight excluding hydrogens is 264 g/mol.